The lowest BCUT2D eigenvalue weighted by Crippen LogP contribution is -2.24. The maximum Gasteiger partial charge on any atom is 0.313 e. The van der Waals surface area contributed by atoms with Gasteiger partial charge in [0.25, 0.3) is 0 Å². The molecule has 2 rings (SSSR count). The first-order valence-corrected chi connectivity index (χ1v) is 6.12. The van der Waals surface area contributed by atoms with Crippen molar-refractivity contribution in [2.45, 2.75) is 32.6 Å². The van der Waals surface area contributed by atoms with Crippen LogP contribution in [0.25, 0.3) is 0 Å². The van der Waals surface area contributed by atoms with E-state index < -0.39 is 0 Å². The van der Waals surface area contributed by atoms with Gasteiger partial charge in [-0.3, -0.25) is 4.79 Å². The summed E-state index contributed by atoms with van der Waals surface area (Å²) < 4.78 is 4.89. The molecule has 0 bridgehead atoms. The third kappa shape index (κ3) is 2.14. The number of esters is 1. The normalized spacial score (nSPS) is 18.2. The number of ether oxygens (including phenoxy) is 1. The maximum absolute atomic E-state index is 11.8. The highest BCUT2D eigenvalue weighted by atomic mass is 16.5. The summed E-state index contributed by atoms with van der Waals surface area (Å²) >= 11 is 0. The first-order chi connectivity index (χ1) is 8.17. The Morgan fingerprint density at radius 1 is 1.53 bits per heavy atom. The molecule has 0 aliphatic carbocycles. The van der Waals surface area contributed by atoms with Crippen LogP contribution in [-0.2, 0) is 16.0 Å². The first kappa shape index (κ1) is 12.0. The fourth-order valence-electron chi connectivity index (χ4n) is 2.50. The van der Waals surface area contributed by atoms with Gasteiger partial charge in [0, 0.05) is 12.2 Å². The third-order valence-corrected chi connectivity index (χ3v) is 3.43. The third-order valence-electron chi connectivity index (χ3n) is 3.43. The van der Waals surface area contributed by atoms with E-state index >= 15 is 0 Å². The average molecular weight is 233 g/mol. The van der Waals surface area contributed by atoms with Gasteiger partial charge >= 0.3 is 5.97 Å². The second-order valence-electron chi connectivity index (χ2n) is 4.52. The summed E-state index contributed by atoms with van der Waals surface area (Å²) in [6.45, 7) is 5.05. The highest BCUT2D eigenvalue weighted by Gasteiger charge is 2.28. The van der Waals surface area contributed by atoms with Gasteiger partial charge in [-0.25, -0.2) is 0 Å². The van der Waals surface area contributed by atoms with E-state index in [1.54, 1.807) is 0 Å². The summed E-state index contributed by atoms with van der Waals surface area (Å²) in [6, 6.07) is 4.32. The molecule has 1 atom stereocenters. The largest absolute Gasteiger partial charge is 0.469 e. The molecule has 1 N–H and O–H groups in total. The number of carbonyl (C=O) groups is 1. The maximum atomic E-state index is 11.8. The van der Waals surface area contributed by atoms with E-state index in [1.165, 1.54) is 18.2 Å². The van der Waals surface area contributed by atoms with Crippen molar-refractivity contribution < 1.29 is 9.53 Å². The molecule has 1 aliphatic rings. The molecule has 3 heteroatoms. The van der Waals surface area contributed by atoms with Gasteiger partial charge in [-0.15, -0.1) is 0 Å². The topological polar surface area (TPSA) is 38.3 Å². The van der Waals surface area contributed by atoms with Crippen molar-refractivity contribution >= 4 is 11.7 Å². The Balaban J connectivity index is 2.48. The number of methoxy groups -OCH3 is 1. The Morgan fingerprint density at radius 3 is 2.94 bits per heavy atom. The van der Waals surface area contributed by atoms with E-state index in [4.69, 9.17) is 4.74 Å². The van der Waals surface area contributed by atoms with Crippen LogP contribution in [0.4, 0.5) is 5.69 Å². The number of hydrogen-bond acceptors (Lipinski definition) is 3. The summed E-state index contributed by atoms with van der Waals surface area (Å²) in [6.07, 6.45) is 1.80. The van der Waals surface area contributed by atoms with E-state index in [-0.39, 0.29) is 11.9 Å². The molecule has 1 aliphatic heterocycles. The van der Waals surface area contributed by atoms with Gasteiger partial charge in [-0.2, -0.15) is 0 Å². The summed E-state index contributed by atoms with van der Waals surface area (Å²) in [5.74, 6) is -0.234. The molecule has 0 radical (unpaired) electrons. The molecule has 0 aromatic heterocycles. The fraction of sp³-hybridized carbons (Fsp3) is 0.500. The SMILES string of the molecule is CCc1cc(C)c2c(c1)C(C(=O)OC)CCN2. The van der Waals surface area contributed by atoms with E-state index in [2.05, 4.69) is 31.3 Å². The highest BCUT2D eigenvalue weighted by molar-refractivity contribution is 5.82. The fourth-order valence-corrected chi connectivity index (χ4v) is 2.50. The zero-order valence-corrected chi connectivity index (χ0v) is 10.7. The summed E-state index contributed by atoms with van der Waals surface area (Å²) in [4.78, 5) is 11.8. The first-order valence-electron chi connectivity index (χ1n) is 6.12. The second kappa shape index (κ2) is 4.78. The van der Waals surface area contributed by atoms with Crippen molar-refractivity contribution in [1.29, 1.82) is 0 Å². The molecule has 0 spiro atoms. The number of fused-ring (bicyclic) bond motifs is 1. The van der Waals surface area contributed by atoms with E-state index in [0.717, 1.165) is 30.6 Å². The molecule has 1 aromatic carbocycles. The van der Waals surface area contributed by atoms with Crippen LogP contribution in [0.2, 0.25) is 0 Å². The minimum atomic E-state index is -0.125. The lowest BCUT2D eigenvalue weighted by atomic mass is 9.87. The van der Waals surface area contributed by atoms with Crippen LogP contribution >= 0.6 is 0 Å². The number of hydrogen-bond donors (Lipinski definition) is 1. The highest BCUT2D eigenvalue weighted by Crippen LogP contribution is 2.35. The minimum Gasteiger partial charge on any atom is -0.469 e. The van der Waals surface area contributed by atoms with Crippen LogP contribution < -0.4 is 5.32 Å². The van der Waals surface area contributed by atoms with Gasteiger partial charge in [0.2, 0.25) is 0 Å². The number of anilines is 1. The van der Waals surface area contributed by atoms with Crippen LogP contribution in [0.1, 0.15) is 36.0 Å². The summed E-state index contributed by atoms with van der Waals surface area (Å²) in [7, 11) is 1.46. The molecule has 0 saturated carbocycles. The number of benzene rings is 1. The van der Waals surface area contributed by atoms with Gasteiger partial charge in [0.15, 0.2) is 0 Å². The molecule has 1 heterocycles. The standard InChI is InChI=1S/C14H19NO2/c1-4-10-7-9(2)13-12(8-10)11(5-6-15-13)14(16)17-3/h7-8,11,15H,4-6H2,1-3H3. The number of carbonyl (C=O) groups excluding carboxylic acids is 1. The quantitative estimate of drug-likeness (QED) is 0.798. The summed E-state index contributed by atoms with van der Waals surface area (Å²) in [5, 5.41) is 3.38. The van der Waals surface area contributed by atoms with Crippen LogP contribution in [0.5, 0.6) is 0 Å². The van der Waals surface area contributed by atoms with Gasteiger partial charge in [-0.1, -0.05) is 19.1 Å². The van der Waals surface area contributed by atoms with E-state index in [9.17, 15) is 4.79 Å². The Kier molecular flexibility index (Phi) is 3.36. The predicted octanol–water partition coefficient (Wildman–Crippen LogP) is 2.63. The Hall–Kier alpha value is -1.51. The van der Waals surface area contributed by atoms with Gasteiger partial charge < -0.3 is 10.1 Å². The molecule has 3 nitrogen and oxygen atoms in total. The minimum absolute atomic E-state index is 0.110. The van der Waals surface area contributed by atoms with Crippen molar-refractivity contribution in [3.63, 3.8) is 0 Å². The Labute approximate surface area is 102 Å². The van der Waals surface area contributed by atoms with Gasteiger partial charge in [0.05, 0.1) is 13.0 Å². The number of rotatable bonds is 2. The molecule has 0 saturated heterocycles. The van der Waals surface area contributed by atoms with Crippen LogP contribution in [0, 0.1) is 6.92 Å². The van der Waals surface area contributed by atoms with E-state index in [0.29, 0.717) is 0 Å². The van der Waals surface area contributed by atoms with Gasteiger partial charge in [0.1, 0.15) is 0 Å². The molecular weight excluding hydrogens is 214 g/mol. The van der Waals surface area contributed by atoms with Crippen molar-refractivity contribution in [3.05, 3.63) is 28.8 Å². The average Bonchev–Trinajstić information content (AvgIpc) is 2.37. The second-order valence-corrected chi connectivity index (χ2v) is 4.52. The van der Waals surface area contributed by atoms with Crippen LogP contribution in [0.3, 0.4) is 0 Å². The summed E-state index contributed by atoms with van der Waals surface area (Å²) in [5.41, 5.74) is 4.70. The van der Waals surface area contributed by atoms with Crippen LogP contribution in [0.15, 0.2) is 12.1 Å². The van der Waals surface area contributed by atoms with E-state index in [1.807, 2.05) is 0 Å². The zero-order valence-electron chi connectivity index (χ0n) is 10.7. The predicted molar refractivity (Wildman–Crippen MR) is 68.4 cm³/mol. The lowest BCUT2D eigenvalue weighted by Gasteiger charge is -2.27. The molecule has 1 aromatic rings. The van der Waals surface area contributed by atoms with Crippen molar-refractivity contribution in [1.82, 2.24) is 0 Å². The Bertz CT molecular complexity index is 440. The van der Waals surface area contributed by atoms with Crippen molar-refractivity contribution in [2.75, 3.05) is 19.0 Å². The zero-order chi connectivity index (χ0) is 12.4. The number of aryl methyl sites for hydroxylation is 2. The van der Waals surface area contributed by atoms with Crippen molar-refractivity contribution in [3.8, 4) is 0 Å². The molecular formula is C14H19NO2. The molecule has 17 heavy (non-hydrogen) atoms. The Morgan fingerprint density at radius 2 is 2.29 bits per heavy atom. The molecule has 0 fully saturated rings. The lowest BCUT2D eigenvalue weighted by molar-refractivity contribution is -0.142. The number of nitrogens with one attached hydrogen (secondary N) is 1. The van der Waals surface area contributed by atoms with Crippen LogP contribution in [-0.4, -0.2) is 19.6 Å². The molecule has 92 valence electrons. The molecule has 0 amide bonds. The molecule has 1 unspecified atom stereocenters. The van der Waals surface area contributed by atoms with Crippen molar-refractivity contribution in [2.24, 2.45) is 0 Å². The smallest absolute Gasteiger partial charge is 0.313 e. The monoisotopic (exact) mass is 233 g/mol. The van der Waals surface area contributed by atoms with Gasteiger partial charge in [-0.05, 0) is 36.5 Å².